The zero-order valence-corrected chi connectivity index (χ0v) is 15.6. The van der Waals surface area contributed by atoms with Crippen molar-refractivity contribution in [3.05, 3.63) is 76.0 Å². The van der Waals surface area contributed by atoms with Crippen molar-refractivity contribution in [3.63, 3.8) is 0 Å². The fourth-order valence-electron chi connectivity index (χ4n) is 3.47. The highest BCUT2D eigenvalue weighted by Crippen LogP contribution is 2.18. The van der Waals surface area contributed by atoms with Gasteiger partial charge in [-0.2, -0.15) is 0 Å². The molecule has 0 saturated heterocycles. The molecule has 1 N–H and O–H groups in total. The third kappa shape index (κ3) is 2.94. The summed E-state index contributed by atoms with van der Waals surface area (Å²) in [6.45, 7) is 3.73. The predicted molar refractivity (Wildman–Crippen MR) is 106 cm³/mol. The van der Waals surface area contributed by atoms with Crippen molar-refractivity contribution in [1.29, 1.82) is 0 Å². The Balaban J connectivity index is 1.82. The Hall–Kier alpha value is -3.48. The van der Waals surface area contributed by atoms with E-state index in [9.17, 15) is 14.0 Å². The van der Waals surface area contributed by atoms with E-state index in [2.05, 4.69) is 10.3 Å². The van der Waals surface area contributed by atoms with Crippen molar-refractivity contribution in [1.82, 2.24) is 14.0 Å². The van der Waals surface area contributed by atoms with Gasteiger partial charge in [-0.3, -0.25) is 9.59 Å². The number of carbonyl (C=O) groups excluding carboxylic acids is 1. The molecular formula is C21H19FN4O2. The van der Waals surface area contributed by atoms with Gasteiger partial charge in [-0.1, -0.05) is 19.1 Å². The minimum Gasteiger partial charge on any atom is -0.325 e. The second-order valence-corrected chi connectivity index (χ2v) is 6.60. The number of aromatic nitrogens is 3. The summed E-state index contributed by atoms with van der Waals surface area (Å²) >= 11 is 0. The van der Waals surface area contributed by atoms with E-state index < -0.39 is 0 Å². The summed E-state index contributed by atoms with van der Waals surface area (Å²) in [6, 6.07) is 13.0. The van der Waals surface area contributed by atoms with Crippen LogP contribution < -0.4 is 10.9 Å². The summed E-state index contributed by atoms with van der Waals surface area (Å²) in [5, 5.41) is 2.75. The molecule has 0 radical (unpaired) electrons. The molecule has 0 aliphatic rings. The summed E-state index contributed by atoms with van der Waals surface area (Å²) in [4.78, 5) is 30.2. The topological polar surface area (TPSA) is 68.4 Å². The Kier molecular flexibility index (Phi) is 4.43. The van der Waals surface area contributed by atoms with Crippen LogP contribution in [-0.4, -0.2) is 19.9 Å². The maximum atomic E-state index is 13.1. The highest BCUT2D eigenvalue weighted by Gasteiger charge is 2.18. The van der Waals surface area contributed by atoms with Gasteiger partial charge < -0.3 is 9.88 Å². The number of hydrogen-bond donors (Lipinski definition) is 1. The minimum absolute atomic E-state index is 0.0106. The largest absolute Gasteiger partial charge is 0.325 e. The molecule has 2 heterocycles. The van der Waals surface area contributed by atoms with E-state index in [0.29, 0.717) is 40.2 Å². The van der Waals surface area contributed by atoms with Gasteiger partial charge in [0.2, 0.25) is 11.7 Å². The van der Waals surface area contributed by atoms with Gasteiger partial charge in [0.05, 0.1) is 11.0 Å². The van der Waals surface area contributed by atoms with Gasteiger partial charge in [0.15, 0.2) is 0 Å². The van der Waals surface area contributed by atoms with Gasteiger partial charge in [0.1, 0.15) is 12.4 Å². The van der Waals surface area contributed by atoms with Gasteiger partial charge >= 0.3 is 0 Å². The van der Waals surface area contributed by atoms with Crippen LogP contribution in [0.4, 0.5) is 10.1 Å². The number of fused-ring (bicyclic) bond motifs is 3. The lowest BCUT2D eigenvalue weighted by atomic mass is 10.2. The lowest BCUT2D eigenvalue weighted by molar-refractivity contribution is -0.116. The Morgan fingerprint density at radius 1 is 1.14 bits per heavy atom. The SMILES string of the molecule is CCc1c(C)n(CC(=O)Nc2ccc(F)cc2)c2nc3ccccc3n2c1=O. The highest BCUT2D eigenvalue weighted by atomic mass is 19.1. The lowest BCUT2D eigenvalue weighted by Crippen LogP contribution is -2.28. The van der Waals surface area contributed by atoms with E-state index in [1.807, 2.05) is 38.1 Å². The molecule has 6 nitrogen and oxygen atoms in total. The van der Waals surface area contributed by atoms with E-state index in [1.165, 1.54) is 24.3 Å². The van der Waals surface area contributed by atoms with Crippen LogP contribution in [0.25, 0.3) is 16.8 Å². The zero-order valence-electron chi connectivity index (χ0n) is 15.6. The number of imidazole rings is 1. The number of amides is 1. The normalized spacial score (nSPS) is 11.2. The number of benzene rings is 2. The number of carbonyl (C=O) groups is 1. The average Bonchev–Trinajstić information content (AvgIpc) is 3.07. The third-order valence-electron chi connectivity index (χ3n) is 4.87. The predicted octanol–water partition coefficient (Wildman–Crippen LogP) is 3.30. The van der Waals surface area contributed by atoms with Crippen LogP contribution >= 0.6 is 0 Å². The van der Waals surface area contributed by atoms with Crippen LogP contribution in [0, 0.1) is 12.7 Å². The van der Waals surface area contributed by atoms with E-state index in [4.69, 9.17) is 0 Å². The molecule has 28 heavy (non-hydrogen) atoms. The Morgan fingerprint density at radius 2 is 1.86 bits per heavy atom. The molecule has 0 spiro atoms. The number of nitrogens with one attached hydrogen (secondary N) is 1. The Bertz CT molecular complexity index is 1260. The Morgan fingerprint density at radius 3 is 2.57 bits per heavy atom. The molecule has 0 aliphatic heterocycles. The monoisotopic (exact) mass is 378 g/mol. The quantitative estimate of drug-likeness (QED) is 0.592. The third-order valence-corrected chi connectivity index (χ3v) is 4.87. The summed E-state index contributed by atoms with van der Waals surface area (Å²) < 4.78 is 16.4. The molecule has 4 aromatic rings. The number of rotatable bonds is 4. The highest BCUT2D eigenvalue weighted by molar-refractivity contribution is 5.91. The Labute approximate surface area is 160 Å². The molecule has 4 rings (SSSR count). The number of anilines is 1. The van der Waals surface area contributed by atoms with E-state index in [0.717, 1.165) is 0 Å². The van der Waals surface area contributed by atoms with Crippen molar-refractivity contribution >= 4 is 28.4 Å². The van der Waals surface area contributed by atoms with Crippen LogP contribution in [0.2, 0.25) is 0 Å². The van der Waals surface area contributed by atoms with Crippen LogP contribution in [-0.2, 0) is 17.8 Å². The molecule has 0 unspecified atom stereocenters. The zero-order chi connectivity index (χ0) is 19.8. The van der Waals surface area contributed by atoms with Gasteiger partial charge in [-0.25, -0.2) is 13.8 Å². The van der Waals surface area contributed by atoms with Crippen molar-refractivity contribution in [2.75, 3.05) is 5.32 Å². The van der Waals surface area contributed by atoms with E-state index in [1.54, 1.807) is 8.97 Å². The number of halogens is 1. The molecular weight excluding hydrogens is 359 g/mol. The molecule has 2 aromatic heterocycles. The first kappa shape index (κ1) is 17.9. The second kappa shape index (κ2) is 6.92. The summed E-state index contributed by atoms with van der Waals surface area (Å²) in [7, 11) is 0. The first-order chi connectivity index (χ1) is 13.5. The molecule has 2 aromatic carbocycles. The first-order valence-electron chi connectivity index (χ1n) is 9.04. The van der Waals surface area contributed by atoms with Gasteiger partial charge in [0, 0.05) is 16.9 Å². The van der Waals surface area contributed by atoms with Crippen molar-refractivity contribution in [2.24, 2.45) is 0 Å². The fraction of sp³-hybridized carbons (Fsp3) is 0.190. The lowest BCUT2D eigenvalue weighted by Gasteiger charge is -2.15. The van der Waals surface area contributed by atoms with Crippen LogP contribution in [0.5, 0.6) is 0 Å². The standard InChI is InChI=1S/C21H19FN4O2/c1-3-16-13(2)25(12-19(27)23-15-10-8-14(22)9-11-15)21-24-17-6-4-5-7-18(17)26(21)20(16)28/h4-11H,3,12H2,1-2H3,(H,23,27). The van der Waals surface area contributed by atoms with Crippen molar-refractivity contribution in [3.8, 4) is 0 Å². The van der Waals surface area contributed by atoms with Crippen LogP contribution in [0.1, 0.15) is 18.2 Å². The molecule has 7 heteroatoms. The number of nitrogens with zero attached hydrogens (tertiary/aromatic N) is 3. The molecule has 0 bridgehead atoms. The van der Waals surface area contributed by atoms with Crippen molar-refractivity contribution < 1.29 is 9.18 Å². The van der Waals surface area contributed by atoms with Crippen LogP contribution in [0.3, 0.4) is 0 Å². The van der Waals surface area contributed by atoms with E-state index >= 15 is 0 Å². The number of hydrogen-bond acceptors (Lipinski definition) is 3. The molecule has 0 fully saturated rings. The summed E-state index contributed by atoms with van der Waals surface area (Å²) in [5.74, 6) is -0.225. The van der Waals surface area contributed by atoms with Gasteiger partial charge in [-0.05, 0) is 49.7 Å². The summed E-state index contributed by atoms with van der Waals surface area (Å²) in [5.41, 5.74) is 3.16. The maximum Gasteiger partial charge on any atom is 0.262 e. The van der Waals surface area contributed by atoms with Gasteiger partial charge in [0.25, 0.3) is 5.56 Å². The van der Waals surface area contributed by atoms with E-state index in [-0.39, 0.29) is 23.8 Å². The van der Waals surface area contributed by atoms with Gasteiger partial charge in [-0.15, -0.1) is 0 Å². The second-order valence-electron chi connectivity index (χ2n) is 6.60. The molecule has 0 aliphatic carbocycles. The number of para-hydroxylation sites is 2. The average molecular weight is 378 g/mol. The van der Waals surface area contributed by atoms with Crippen LogP contribution in [0.15, 0.2) is 53.3 Å². The molecule has 142 valence electrons. The smallest absolute Gasteiger partial charge is 0.262 e. The van der Waals surface area contributed by atoms with Crippen molar-refractivity contribution in [2.45, 2.75) is 26.8 Å². The first-order valence-corrected chi connectivity index (χ1v) is 9.04. The molecule has 0 atom stereocenters. The summed E-state index contributed by atoms with van der Waals surface area (Å²) in [6.07, 6.45) is 0.548. The maximum absolute atomic E-state index is 13.1. The fourth-order valence-corrected chi connectivity index (χ4v) is 3.47. The molecule has 0 saturated carbocycles. The molecule has 1 amide bonds. The minimum atomic E-state index is -0.368.